The van der Waals surface area contributed by atoms with Crippen molar-refractivity contribution in [1.82, 2.24) is 10.6 Å². The first-order valence-electron chi connectivity index (χ1n) is 3.03. The maximum Gasteiger partial charge on any atom is 0.0419 e. The maximum atomic E-state index is 3.95. The largest absolute Gasteiger partial charge is 0.307 e. The van der Waals surface area contributed by atoms with E-state index in [0.29, 0.717) is 12.1 Å². The van der Waals surface area contributed by atoms with Gasteiger partial charge in [-0.25, -0.2) is 0 Å². The highest BCUT2D eigenvalue weighted by atomic mass is 15.1. The predicted molar refractivity (Wildman–Crippen MR) is 32.7 cm³/mol. The molecule has 2 N–H and O–H groups in total. The summed E-state index contributed by atoms with van der Waals surface area (Å²) >= 11 is 0. The van der Waals surface area contributed by atoms with E-state index in [2.05, 4.69) is 17.2 Å². The molecule has 0 radical (unpaired) electrons. The highest BCUT2D eigenvalue weighted by molar-refractivity contribution is 5.25. The van der Waals surface area contributed by atoms with E-state index < -0.39 is 0 Å². The quantitative estimate of drug-likeness (QED) is 0.410. The number of rotatable bonds is 0. The van der Waals surface area contributed by atoms with Crippen molar-refractivity contribution in [2.75, 3.05) is 13.1 Å². The van der Waals surface area contributed by atoms with Crippen LogP contribution in [0, 0.1) is 0 Å². The van der Waals surface area contributed by atoms with Crippen LogP contribution in [0.2, 0.25) is 0 Å². The Morgan fingerprint density at radius 3 is 1.88 bits per heavy atom. The van der Waals surface area contributed by atoms with Gasteiger partial charge >= 0.3 is 0 Å². The minimum Gasteiger partial charge on any atom is -0.307 e. The van der Waals surface area contributed by atoms with Crippen molar-refractivity contribution in [2.24, 2.45) is 0 Å². The second-order valence-corrected chi connectivity index (χ2v) is 2.50. The summed E-state index contributed by atoms with van der Waals surface area (Å²) in [6.45, 7) is 6.13. The Bertz CT molecular complexity index is 108. The molecule has 2 unspecified atom stereocenters. The van der Waals surface area contributed by atoms with E-state index in [9.17, 15) is 0 Å². The molecule has 2 atom stereocenters. The summed E-state index contributed by atoms with van der Waals surface area (Å²) in [5.41, 5.74) is 1.35. The van der Waals surface area contributed by atoms with Gasteiger partial charge in [-0.05, 0) is 5.57 Å². The van der Waals surface area contributed by atoms with Gasteiger partial charge < -0.3 is 10.6 Å². The SMILES string of the molecule is C=C1C2CNC1CN2. The molecule has 0 aliphatic carbocycles. The molecule has 0 spiro atoms. The summed E-state index contributed by atoms with van der Waals surface area (Å²) in [6, 6.07) is 1.17. The van der Waals surface area contributed by atoms with Crippen molar-refractivity contribution in [3.05, 3.63) is 12.2 Å². The third kappa shape index (κ3) is 0.394. The van der Waals surface area contributed by atoms with Crippen LogP contribution in [0.15, 0.2) is 12.2 Å². The Kier molecular flexibility index (Phi) is 0.754. The summed E-state index contributed by atoms with van der Waals surface area (Å²) in [5, 5.41) is 6.69. The molecule has 44 valence electrons. The van der Waals surface area contributed by atoms with Crippen molar-refractivity contribution in [2.45, 2.75) is 12.1 Å². The minimum absolute atomic E-state index is 0.583. The van der Waals surface area contributed by atoms with Gasteiger partial charge in [0, 0.05) is 25.2 Å². The van der Waals surface area contributed by atoms with E-state index in [4.69, 9.17) is 0 Å². The van der Waals surface area contributed by atoms with Gasteiger partial charge in [0.05, 0.1) is 0 Å². The highest BCUT2D eigenvalue weighted by Crippen LogP contribution is 2.17. The van der Waals surface area contributed by atoms with Gasteiger partial charge in [0.2, 0.25) is 0 Å². The fourth-order valence-corrected chi connectivity index (χ4v) is 1.43. The van der Waals surface area contributed by atoms with Crippen LogP contribution >= 0.6 is 0 Å². The molecule has 0 aromatic rings. The molecular formula is C6H10N2. The van der Waals surface area contributed by atoms with Crippen LogP contribution in [0.5, 0.6) is 0 Å². The zero-order valence-electron chi connectivity index (χ0n) is 4.78. The first-order chi connectivity index (χ1) is 3.88. The van der Waals surface area contributed by atoms with Crippen LogP contribution in [0.4, 0.5) is 0 Å². The van der Waals surface area contributed by atoms with Crippen LogP contribution < -0.4 is 10.6 Å². The van der Waals surface area contributed by atoms with Gasteiger partial charge in [-0.2, -0.15) is 0 Å². The number of hydrogen-bond acceptors (Lipinski definition) is 2. The van der Waals surface area contributed by atoms with E-state index in [1.54, 1.807) is 0 Å². The Hall–Kier alpha value is -0.340. The lowest BCUT2D eigenvalue weighted by Crippen LogP contribution is -2.39. The second kappa shape index (κ2) is 1.33. The Labute approximate surface area is 49.0 Å². The molecule has 2 fully saturated rings. The Morgan fingerprint density at radius 1 is 1.25 bits per heavy atom. The average molecular weight is 110 g/mol. The van der Waals surface area contributed by atoms with Gasteiger partial charge in [0.25, 0.3) is 0 Å². The summed E-state index contributed by atoms with van der Waals surface area (Å²) in [5.74, 6) is 0. The summed E-state index contributed by atoms with van der Waals surface area (Å²) < 4.78 is 0. The van der Waals surface area contributed by atoms with Gasteiger partial charge in [0.1, 0.15) is 0 Å². The van der Waals surface area contributed by atoms with E-state index >= 15 is 0 Å². The monoisotopic (exact) mass is 110 g/mol. The topological polar surface area (TPSA) is 24.1 Å². The van der Waals surface area contributed by atoms with Crippen LogP contribution in [0.3, 0.4) is 0 Å². The lowest BCUT2D eigenvalue weighted by molar-refractivity contribution is 0.528. The summed E-state index contributed by atoms with van der Waals surface area (Å²) in [6.07, 6.45) is 0. The Balaban J connectivity index is 2.28. The number of fused-ring (bicyclic) bond motifs is 2. The molecule has 2 heterocycles. The van der Waals surface area contributed by atoms with Crippen molar-refractivity contribution in [3.8, 4) is 0 Å². The first-order valence-corrected chi connectivity index (χ1v) is 3.03. The van der Waals surface area contributed by atoms with E-state index in [-0.39, 0.29) is 0 Å². The lowest BCUT2D eigenvalue weighted by Gasteiger charge is -2.09. The lowest BCUT2D eigenvalue weighted by atomic mass is 10.2. The third-order valence-electron chi connectivity index (χ3n) is 2.03. The molecule has 2 bridgehead atoms. The molecule has 0 aromatic heterocycles. The number of hydrogen-bond donors (Lipinski definition) is 2. The standard InChI is InChI=1S/C6H10N2/c1-4-5-2-7-6(4)3-8-5/h5-8H,1-3H2. The molecule has 0 amide bonds. The molecule has 2 rings (SSSR count). The third-order valence-corrected chi connectivity index (χ3v) is 2.03. The van der Waals surface area contributed by atoms with Gasteiger partial charge in [0.15, 0.2) is 0 Å². The van der Waals surface area contributed by atoms with Crippen LogP contribution in [-0.4, -0.2) is 25.2 Å². The number of nitrogens with one attached hydrogen (secondary N) is 2. The molecule has 2 nitrogen and oxygen atoms in total. The Morgan fingerprint density at radius 2 is 1.75 bits per heavy atom. The molecule has 2 heteroatoms. The normalized spacial score (nSPS) is 43.8. The smallest absolute Gasteiger partial charge is 0.0419 e. The van der Waals surface area contributed by atoms with Crippen molar-refractivity contribution < 1.29 is 0 Å². The van der Waals surface area contributed by atoms with E-state index in [1.807, 2.05) is 0 Å². The molecule has 2 saturated heterocycles. The molecule has 8 heavy (non-hydrogen) atoms. The van der Waals surface area contributed by atoms with Crippen LogP contribution in [0.1, 0.15) is 0 Å². The first kappa shape index (κ1) is 4.53. The van der Waals surface area contributed by atoms with Crippen molar-refractivity contribution >= 4 is 0 Å². The van der Waals surface area contributed by atoms with Crippen molar-refractivity contribution in [1.29, 1.82) is 0 Å². The summed E-state index contributed by atoms with van der Waals surface area (Å²) in [7, 11) is 0. The van der Waals surface area contributed by atoms with Gasteiger partial charge in [-0.1, -0.05) is 6.58 Å². The maximum absolute atomic E-state index is 3.95. The van der Waals surface area contributed by atoms with Gasteiger partial charge in [-0.15, -0.1) is 0 Å². The molecule has 0 aromatic carbocycles. The zero-order valence-corrected chi connectivity index (χ0v) is 4.78. The minimum atomic E-state index is 0.583. The van der Waals surface area contributed by atoms with Crippen LogP contribution in [-0.2, 0) is 0 Å². The fraction of sp³-hybridized carbons (Fsp3) is 0.667. The zero-order chi connectivity index (χ0) is 5.56. The fourth-order valence-electron chi connectivity index (χ4n) is 1.43. The molecule has 0 saturated carbocycles. The highest BCUT2D eigenvalue weighted by Gasteiger charge is 2.33. The molecular weight excluding hydrogens is 100 g/mol. The predicted octanol–water partition coefficient (Wildman–Crippen LogP) is -0.514. The van der Waals surface area contributed by atoms with Gasteiger partial charge in [-0.3, -0.25) is 0 Å². The molecule has 2 aliphatic rings. The second-order valence-electron chi connectivity index (χ2n) is 2.50. The van der Waals surface area contributed by atoms with Crippen LogP contribution in [0.25, 0.3) is 0 Å². The van der Waals surface area contributed by atoms with E-state index in [1.165, 1.54) is 5.57 Å². The van der Waals surface area contributed by atoms with Crippen molar-refractivity contribution in [3.63, 3.8) is 0 Å². The van der Waals surface area contributed by atoms with E-state index in [0.717, 1.165) is 13.1 Å². The summed E-state index contributed by atoms with van der Waals surface area (Å²) in [4.78, 5) is 0. The molecule has 2 aliphatic heterocycles. The average Bonchev–Trinajstić information content (AvgIpc) is 2.29. The number of piperazine rings is 1.